The third-order valence-corrected chi connectivity index (χ3v) is 3.39. The van der Waals surface area contributed by atoms with Crippen LogP contribution in [0.4, 0.5) is 0 Å². The summed E-state index contributed by atoms with van der Waals surface area (Å²) >= 11 is 6.07. The fourth-order valence-corrected chi connectivity index (χ4v) is 2.40. The quantitative estimate of drug-likeness (QED) is 0.876. The summed E-state index contributed by atoms with van der Waals surface area (Å²) in [5.74, 6) is 0. The molecular weight excluding hydrogens is 258 g/mol. The molecule has 0 amide bonds. The molecule has 3 nitrogen and oxygen atoms in total. The lowest BCUT2D eigenvalue weighted by Crippen LogP contribution is -2.22. The number of hydrogen-bond acceptors (Lipinski definition) is 2. The van der Waals surface area contributed by atoms with Crippen LogP contribution in [0.2, 0.25) is 5.02 Å². The van der Waals surface area contributed by atoms with Gasteiger partial charge in [-0.1, -0.05) is 30.7 Å². The number of nitrogens with zero attached hydrogens (tertiary/aromatic N) is 2. The Kier molecular flexibility index (Phi) is 5.00. The van der Waals surface area contributed by atoms with Crippen molar-refractivity contribution < 1.29 is 0 Å². The van der Waals surface area contributed by atoms with Crippen LogP contribution in [0.15, 0.2) is 36.7 Å². The number of rotatable bonds is 6. The molecular formula is C15H20ClN3. The first-order valence-corrected chi connectivity index (χ1v) is 7.11. The van der Waals surface area contributed by atoms with E-state index in [9.17, 15) is 0 Å². The molecule has 2 rings (SSSR count). The van der Waals surface area contributed by atoms with E-state index >= 15 is 0 Å². The third-order valence-electron chi connectivity index (χ3n) is 3.15. The molecule has 1 N–H and O–H groups in total. The van der Waals surface area contributed by atoms with Crippen molar-refractivity contribution in [2.24, 2.45) is 0 Å². The Hall–Kier alpha value is -1.32. The average molecular weight is 278 g/mol. The monoisotopic (exact) mass is 277 g/mol. The van der Waals surface area contributed by atoms with Gasteiger partial charge in [-0.3, -0.25) is 4.68 Å². The molecule has 19 heavy (non-hydrogen) atoms. The van der Waals surface area contributed by atoms with E-state index in [0.29, 0.717) is 0 Å². The maximum atomic E-state index is 6.07. The average Bonchev–Trinajstić information content (AvgIpc) is 2.86. The first-order valence-electron chi connectivity index (χ1n) is 6.73. The van der Waals surface area contributed by atoms with Gasteiger partial charge in [0.15, 0.2) is 0 Å². The van der Waals surface area contributed by atoms with Crippen LogP contribution >= 0.6 is 11.6 Å². The van der Waals surface area contributed by atoms with E-state index < -0.39 is 0 Å². The second-order valence-corrected chi connectivity index (χ2v) is 5.01. The van der Waals surface area contributed by atoms with E-state index in [1.807, 2.05) is 29.1 Å². The van der Waals surface area contributed by atoms with Crippen LogP contribution in [0.3, 0.4) is 0 Å². The van der Waals surface area contributed by atoms with Gasteiger partial charge in [-0.15, -0.1) is 0 Å². The van der Waals surface area contributed by atoms with Gasteiger partial charge < -0.3 is 5.32 Å². The molecule has 0 fully saturated rings. The van der Waals surface area contributed by atoms with Crippen molar-refractivity contribution >= 4 is 11.6 Å². The normalized spacial score (nSPS) is 12.6. The Morgan fingerprint density at radius 3 is 2.84 bits per heavy atom. The summed E-state index contributed by atoms with van der Waals surface area (Å²) in [4.78, 5) is 0. The molecule has 0 bridgehead atoms. The van der Waals surface area contributed by atoms with Crippen molar-refractivity contribution in [2.45, 2.75) is 32.9 Å². The molecule has 2 aromatic rings. The second-order valence-electron chi connectivity index (χ2n) is 4.57. The fraction of sp³-hybridized carbons (Fsp3) is 0.400. The fourth-order valence-electron chi connectivity index (χ4n) is 2.20. The minimum absolute atomic E-state index is 0.276. The summed E-state index contributed by atoms with van der Waals surface area (Å²) in [6.07, 6.45) is 4.97. The van der Waals surface area contributed by atoms with Gasteiger partial charge in [0.1, 0.15) is 0 Å². The van der Waals surface area contributed by atoms with Crippen LogP contribution in [0.5, 0.6) is 0 Å². The highest BCUT2D eigenvalue weighted by Gasteiger charge is 2.12. The molecule has 1 unspecified atom stereocenters. The number of hydrogen-bond donors (Lipinski definition) is 1. The van der Waals surface area contributed by atoms with Crippen molar-refractivity contribution in [3.8, 4) is 0 Å². The molecule has 0 aliphatic rings. The van der Waals surface area contributed by atoms with E-state index in [4.69, 9.17) is 11.6 Å². The summed E-state index contributed by atoms with van der Waals surface area (Å²) in [5, 5.41) is 8.61. The highest BCUT2D eigenvalue weighted by molar-refractivity contribution is 6.30. The third kappa shape index (κ3) is 3.82. The maximum Gasteiger partial charge on any atom is 0.0522 e. The Morgan fingerprint density at radius 2 is 2.21 bits per heavy atom. The maximum absolute atomic E-state index is 6.07. The summed E-state index contributed by atoms with van der Waals surface area (Å²) < 4.78 is 1.95. The molecule has 1 aromatic carbocycles. The lowest BCUT2D eigenvalue weighted by molar-refractivity contribution is 0.549. The minimum Gasteiger partial charge on any atom is -0.310 e. The lowest BCUT2D eigenvalue weighted by Gasteiger charge is -2.17. The molecule has 102 valence electrons. The Morgan fingerprint density at radius 1 is 1.37 bits per heavy atom. The van der Waals surface area contributed by atoms with Gasteiger partial charge in [0.25, 0.3) is 0 Å². The zero-order valence-corrected chi connectivity index (χ0v) is 12.2. The van der Waals surface area contributed by atoms with Crippen molar-refractivity contribution in [3.63, 3.8) is 0 Å². The Balaban J connectivity index is 2.15. The van der Waals surface area contributed by atoms with E-state index in [1.54, 1.807) is 0 Å². The number of halogens is 1. The van der Waals surface area contributed by atoms with Gasteiger partial charge in [-0.2, -0.15) is 5.10 Å². The van der Waals surface area contributed by atoms with Gasteiger partial charge in [0.05, 0.1) is 6.20 Å². The summed E-state index contributed by atoms with van der Waals surface area (Å²) in [5.41, 5.74) is 2.46. The molecule has 0 saturated heterocycles. The molecule has 1 aromatic heterocycles. The second kappa shape index (κ2) is 6.73. The van der Waals surface area contributed by atoms with E-state index in [2.05, 4.69) is 36.5 Å². The largest absolute Gasteiger partial charge is 0.310 e. The van der Waals surface area contributed by atoms with Crippen LogP contribution in [0, 0.1) is 0 Å². The number of benzene rings is 1. The van der Waals surface area contributed by atoms with Gasteiger partial charge in [0.2, 0.25) is 0 Å². The first-order chi connectivity index (χ1) is 9.22. The molecule has 0 saturated carbocycles. The van der Waals surface area contributed by atoms with Crippen molar-refractivity contribution in [2.75, 3.05) is 6.54 Å². The minimum atomic E-state index is 0.276. The molecule has 0 radical (unpaired) electrons. The van der Waals surface area contributed by atoms with Crippen LogP contribution in [0.25, 0.3) is 0 Å². The predicted octanol–water partition coefficient (Wildman–Crippen LogP) is 3.45. The number of aryl methyl sites for hydroxylation is 1. The number of aromatic nitrogens is 2. The lowest BCUT2D eigenvalue weighted by atomic mass is 10.0. The highest BCUT2D eigenvalue weighted by atomic mass is 35.5. The summed E-state index contributed by atoms with van der Waals surface area (Å²) in [6.45, 7) is 6.05. The molecule has 1 atom stereocenters. The van der Waals surface area contributed by atoms with E-state index in [0.717, 1.165) is 24.5 Å². The van der Waals surface area contributed by atoms with Crippen molar-refractivity contribution in [1.82, 2.24) is 15.1 Å². The van der Waals surface area contributed by atoms with Crippen LogP contribution in [0.1, 0.15) is 31.0 Å². The van der Waals surface area contributed by atoms with Crippen molar-refractivity contribution in [3.05, 3.63) is 52.8 Å². The van der Waals surface area contributed by atoms with E-state index in [1.165, 1.54) is 11.1 Å². The molecule has 1 heterocycles. The standard InChI is InChI=1S/C15H20ClN3/c1-3-17-15(13-6-5-7-14(16)9-13)8-12-10-18-19(4-2)11-12/h5-7,9-11,15,17H,3-4,8H2,1-2H3. The molecule has 0 spiro atoms. The predicted molar refractivity (Wildman–Crippen MR) is 79.5 cm³/mol. The van der Waals surface area contributed by atoms with Gasteiger partial charge in [0, 0.05) is 23.8 Å². The topological polar surface area (TPSA) is 29.9 Å². The SMILES string of the molecule is CCNC(Cc1cnn(CC)c1)c1cccc(Cl)c1. The first kappa shape index (κ1) is 14.1. The number of likely N-dealkylation sites (N-methyl/N-ethyl adjacent to an activating group) is 1. The Labute approximate surface area is 119 Å². The van der Waals surface area contributed by atoms with Crippen LogP contribution in [-0.4, -0.2) is 16.3 Å². The van der Waals surface area contributed by atoms with Gasteiger partial charge in [-0.05, 0) is 43.1 Å². The zero-order valence-electron chi connectivity index (χ0n) is 11.4. The summed E-state index contributed by atoms with van der Waals surface area (Å²) in [6, 6.07) is 8.32. The van der Waals surface area contributed by atoms with Gasteiger partial charge >= 0.3 is 0 Å². The van der Waals surface area contributed by atoms with Crippen LogP contribution < -0.4 is 5.32 Å². The zero-order chi connectivity index (χ0) is 13.7. The molecule has 0 aliphatic carbocycles. The smallest absolute Gasteiger partial charge is 0.0522 e. The molecule has 4 heteroatoms. The van der Waals surface area contributed by atoms with Crippen molar-refractivity contribution in [1.29, 1.82) is 0 Å². The number of nitrogens with one attached hydrogen (secondary N) is 1. The Bertz CT molecular complexity index is 522. The summed E-state index contributed by atoms with van der Waals surface area (Å²) in [7, 11) is 0. The highest BCUT2D eigenvalue weighted by Crippen LogP contribution is 2.21. The van der Waals surface area contributed by atoms with Crippen LogP contribution in [-0.2, 0) is 13.0 Å². The van der Waals surface area contributed by atoms with E-state index in [-0.39, 0.29) is 6.04 Å². The molecule has 0 aliphatic heterocycles. The van der Waals surface area contributed by atoms with Gasteiger partial charge in [-0.25, -0.2) is 0 Å².